The molecule has 0 spiro atoms. The van der Waals surface area contributed by atoms with E-state index in [0.717, 1.165) is 28.4 Å². The fourth-order valence-corrected chi connectivity index (χ4v) is 2.73. The van der Waals surface area contributed by atoms with Crippen molar-refractivity contribution in [1.82, 2.24) is 4.98 Å². The molecule has 0 atom stereocenters. The van der Waals surface area contributed by atoms with E-state index in [9.17, 15) is 4.79 Å². The number of aromatic nitrogens is 1. The first kappa shape index (κ1) is 18.0. The van der Waals surface area contributed by atoms with Crippen LogP contribution in [0.2, 0.25) is 5.02 Å². The molecular formula is C21H20ClN3O. The summed E-state index contributed by atoms with van der Waals surface area (Å²) in [6.07, 6.45) is 2.81. The number of nitrogens with zero attached hydrogens (tertiary/aromatic N) is 1. The lowest BCUT2D eigenvalue weighted by molar-refractivity contribution is -0.116. The minimum atomic E-state index is -0.0209. The number of hydrogen-bond acceptors (Lipinski definition) is 3. The number of halogens is 1. The quantitative estimate of drug-likeness (QED) is 0.625. The molecule has 3 rings (SSSR count). The molecule has 5 heteroatoms. The van der Waals surface area contributed by atoms with Gasteiger partial charge in [0.05, 0.1) is 11.9 Å². The monoisotopic (exact) mass is 365 g/mol. The molecule has 0 aliphatic rings. The van der Waals surface area contributed by atoms with Gasteiger partial charge < -0.3 is 10.6 Å². The molecule has 0 saturated carbocycles. The van der Waals surface area contributed by atoms with Gasteiger partial charge >= 0.3 is 0 Å². The van der Waals surface area contributed by atoms with E-state index in [0.29, 0.717) is 18.7 Å². The highest BCUT2D eigenvalue weighted by atomic mass is 35.5. The number of carbonyl (C=O) groups is 1. The van der Waals surface area contributed by atoms with E-state index in [1.807, 2.05) is 66.7 Å². The summed E-state index contributed by atoms with van der Waals surface area (Å²) in [7, 11) is 0. The minimum absolute atomic E-state index is 0.0209. The van der Waals surface area contributed by atoms with Gasteiger partial charge in [0.1, 0.15) is 5.82 Å². The Labute approximate surface area is 158 Å². The lowest BCUT2D eigenvalue weighted by Crippen LogP contribution is -2.12. The normalized spacial score (nSPS) is 10.3. The van der Waals surface area contributed by atoms with Crippen molar-refractivity contribution in [2.24, 2.45) is 0 Å². The Kier molecular flexibility index (Phi) is 6.23. The maximum atomic E-state index is 12.0. The second-order valence-corrected chi connectivity index (χ2v) is 6.32. The van der Waals surface area contributed by atoms with Crippen molar-refractivity contribution in [2.75, 3.05) is 10.6 Å². The van der Waals surface area contributed by atoms with Crippen LogP contribution in [-0.4, -0.2) is 10.9 Å². The third-order valence-corrected chi connectivity index (χ3v) is 4.32. The van der Waals surface area contributed by atoms with Gasteiger partial charge in [-0.2, -0.15) is 0 Å². The Morgan fingerprint density at radius 1 is 0.962 bits per heavy atom. The van der Waals surface area contributed by atoms with Crippen LogP contribution in [0.15, 0.2) is 72.9 Å². The van der Waals surface area contributed by atoms with Gasteiger partial charge in [-0.3, -0.25) is 4.79 Å². The number of hydrogen-bond donors (Lipinski definition) is 2. The van der Waals surface area contributed by atoms with Crippen LogP contribution < -0.4 is 10.6 Å². The minimum Gasteiger partial charge on any atom is -0.366 e. The number of nitrogens with one attached hydrogen (secondary N) is 2. The summed E-state index contributed by atoms with van der Waals surface area (Å²) >= 11 is 6.14. The van der Waals surface area contributed by atoms with E-state index >= 15 is 0 Å². The molecular weight excluding hydrogens is 346 g/mol. The SMILES string of the molecule is O=C(CCc1ccccc1)Nc1ccc(NCc2ccccc2Cl)nc1. The van der Waals surface area contributed by atoms with Crippen LogP contribution >= 0.6 is 11.6 Å². The summed E-state index contributed by atoms with van der Waals surface area (Å²) in [5, 5.41) is 6.82. The van der Waals surface area contributed by atoms with E-state index in [1.165, 1.54) is 0 Å². The van der Waals surface area contributed by atoms with E-state index in [2.05, 4.69) is 15.6 Å². The molecule has 132 valence electrons. The molecule has 4 nitrogen and oxygen atoms in total. The number of benzene rings is 2. The van der Waals surface area contributed by atoms with Gasteiger partial charge in [0, 0.05) is 18.0 Å². The van der Waals surface area contributed by atoms with Crippen molar-refractivity contribution in [3.63, 3.8) is 0 Å². The molecule has 0 fully saturated rings. The van der Waals surface area contributed by atoms with Crippen molar-refractivity contribution < 1.29 is 4.79 Å². The van der Waals surface area contributed by atoms with Crippen molar-refractivity contribution >= 4 is 29.0 Å². The lowest BCUT2D eigenvalue weighted by Gasteiger charge is -2.09. The number of pyridine rings is 1. The number of amides is 1. The molecule has 0 aliphatic heterocycles. The zero-order valence-electron chi connectivity index (χ0n) is 14.3. The molecule has 0 unspecified atom stereocenters. The fourth-order valence-electron chi connectivity index (χ4n) is 2.53. The average Bonchev–Trinajstić information content (AvgIpc) is 2.68. The van der Waals surface area contributed by atoms with Gasteiger partial charge in [-0.15, -0.1) is 0 Å². The summed E-state index contributed by atoms with van der Waals surface area (Å²) in [5.41, 5.74) is 2.85. The van der Waals surface area contributed by atoms with Crippen LogP contribution in [0.25, 0.3) is 0 Å². The first-order valence-corrected chi connectivity index (χ1v) is 8.85. The molecule has 0 radical (unpaired) electrons. The van der Waals surface area contributed by atoms with Crippen LogP contribution in [0.5, 0.6) is 0 Å². The maximum absolute atomic E-state index is 12.0. The number of carbonyl (C=O) groups excluding carboxylic acids is 1. The van der Waals surface area contributed by atoms with Crippen molar-refractivity contribution in [3.8, 4) is 0 Å². The van der Waals surface area contributed by atoms with Gasteiger partial charge in [0.2, 0.25) is 5.91 Å². The maximum Gasteiger partial charge on any atom is 0.224 e. The van der Waals surface area contributed by atoms with Gasteiger partial charge in [0.15, 0.2) is 0 Å². The third kappa shape index (κ3) is 5.33. The predicted octanol–water partition coefficient (Wildman–Crippen LogP) is 4.92. The number of anilines is 2. The van der Waals surface area contributed by atoms with Gasteiger partial charge in [-0.1, -0.05) is 60.1 Å². The Bertz CT molecular complexity index is 851. The zero-order valence-corrected chi connectivity index (χ0v) is 15.0. The lowest BCUT2D eigenvalue weighted by atomic mass is 10.1. The zero-order chi connectivity index (χ0) is 18.2. The molecule has 1 heterocycles. The average molecular weight is 366 g/mol. The standard InChI is InChI=1S/C21H20ClN3O/c22-19-9-5-4-8-17(19)14-23-20-12-11-18(15-24-20)25-21(26)13-10-16-6-2-1-3-7-16/h1-9,11-12,15H,10,13-14H2,(H,23,24)(H,25,26). The van der Waals surface area contributed by atoms with E-state index in [4.69, 9.17) is 11.6 Å². The molecule has 26 heavy (non-hydrogen) atoms. The molecule has 1 amide bonds. The smallest absolute Gasteiger partial charge is 0.224 e. The van der Waals surface area contributed by atoms with Crippen LogP contribution in [0.1, 0.15) is 17.5 Å². The van der Waals surface area contributed by atoms with Crippen molar-refractivity contribution in [1.29, 1.82) is 0 Å². The summed E-state index contributed by atoms with van der Waals surface area (Å²) in [5.74, 6) is 0.708. The number of aryl methyl sites for hydroxylation is 1. The highest BCUT2D eigenvalue weighted by Crippen LogP contribution is 2.17. The second kappa shape index (κ2) is 9.02. The Balaban J connectivity index is 1.48. The molecule has 3 aromatic rings. The predicted molar refractivity (Wildman–Crippen MR) is 106 cm³/mol. The summed E-state index contributed by atoms with van der Waals surface area (Å²) < 4.78 is 0. The Morgan fingerprint density at radius 3 is 2.46 bits per heavy atom. The Morgan fingerprint density at radius 2 is 1.73 bits per heavy atom. The molecule has 2 N–H and O–H groups in total. The highest BCUT2D eigenvalue weighted by Gasteiger charge is 2.04. The largest absolute Gasteiger partial charge is 0.366 e. The highest BCUT2D eigenvalue weighted by molar-refractivity contribution is 6.31. The molecule has 2 aromatic carbocycles. The first-order chi connectivity index (χ1) is 12.7. The van der Waals surface area contributed by atoms with Gasteiger partial charge in [0.25, 0.3) is 0 Å². The van der Waals surface area contributed by atoms with Crippen molar-refractivity contribution in [2.45, 2.75) is 19.4 Å². The van der Waals surface area contributed by atoms with E-state index in [-0.39, 0.29) is 5.91 Å². The fraction of sp³-hybridized carbons (Fsp3) is 0.143. The van der Waals surface area contributed by atoms with Gasteiger partial charge in [-0.25, -0.2) is 4.98 Å². The topological polar surface area (TPSA) is 54.0 Å². The van der Waals surface area contributed by atoms with E-state index in [1.54, 1.807) is 6.20 Å². The number of rotatable bonds is 7. The van der Waals surface area contributed by atoms with Gasteiger partial charge in [-0.05, 0) is 35.7 Å². The van der Waals surface area contributed by atoms with Crippen LogP contribution in [0, 0.1) is 0 Å². The van der Waals surface area contributed by atoms with Crippen molar-refractivity contribution in [3.05, 3.63) is 89.1 Å². The molecule has 0 aliphatic carbocycles. The van der Waals surface area contributed by atoms with Crippen LogP contribution in [0.3, 0.4) is 0 Å². The third-order valence-electron chi connectivity index (χ3n) is 3.95. The Hall–Kier alpha value is -2.85. The molecule has 0 bridgehead atoms. The summed E-state index contributed by atoms with van der Waals surface area (Å²) in [4.78, 5) is 16.4. The second-order valence-electron chi connectivity index (χ2n) is 5.91. The van der Waals surface area contributed by atoms with Crippen LogP contribution in [0.4, 0.5) is 11.5 Å². The molecule has 1 aromatic heterocycles. The first-order valence-electron chi connectivity index (χ1n) is 8.48. The summed E-state index contributed by atoms with van der Waals surface area (Å²) in [6.45, 7) is 0.593. The summed E-state index contributed by atoms with van der Waals surface area (Å²) in [6, 6.07) is 21.3. The van der Waals surface area contributed by atoms with E-state index < -0.39 is 0 Å². The molecule has 0 saturated heterocycles. The van der Waals surface area contributed by atoms with Crippen LogP contribution in [-0.2, 0) is 17.8 Å².